The van der Waals surface area contributed by atoms with Crippen molar-refractivity contribution in [1.29, 1.82) is 0 Å². The van der Waals surface area contributed by atoms with Gasteiger partial charge in [0.2, 0.25) is 0 Å². The summed E-state index contributed by atoms with van der Waals surface area (Å²) in [5, 5.41) is 2.95. The lowest BCUT2D eigenvalue weighted by atomic mass is 10.2. The number of amidine groups is 1. The smallest absolute Gasteiger partial charge is 0.124 e. The quantitative estimate of drug-likeness (QED) is 0.445. The first-order valence-corrected chi connectivity index (χ1v) is 8.03. The first kappa shape index (κ1) is 14.7. The van der Waals surface area contributed by atoms with Crippen molar-refractivity contribution in [3.8, 4) is 21.8 Å². The Kier molecular flexibility index (Phi) is 4.46. The summed E-state index contributed by atoms with van der Waals surface area (Å²) in [6, 6.07) is 11.7. The normalized spacial score (nSPS) is 11.6. The largest absolute Gasteiger partial charge is 0.386 e. The second kappa shape index (κ2) is 6.68. The minimum Gasteiger partial charge on any atom is -0.386 e. The highest BCUT2D eigenvalue weighted by Crippen LogP contribution is 2.30. The summed E-state index contributed by atoms with van der Waals surface area (Å²) in [6.07, 6.45) is 3.56. The van der Waals surface area contributed by atoms with Gasteiger partial charge in [-0.25, -0.2) is 9.98 Å². The molecule has 0 atom stereocenters. The lowest BCUT2D eigenvalue weighted by Crippen LogP contribution is -2.12. The molecule has 2 N–H and O–H groups in total. The Morgan fingerprint density at radius 3 is 2.86 bits per heavy atom. The van der Waals surface area contributed by atoms with Crippen molar-refractivity contribution >= 4 is 34.5 Å². The van der Waals surface area contributed by atoms with Crippen LogP contribution in [0.4, 0.5) is 5.69 Å². The molecule has 2 heterocycles. The fourth-order valence-corrected chi connectivity index (χ4v) is 2.84. The van der Waals surface area contributed by atoms with Crippen LogP contribution in [0.25, 0.3) is 21.8 Å². The van der Waals surface area contributed by atoms with Crippen LogP contribution >= 0.6 is 22.9 Å². The Balaban J connectivity index is 1.92. The fourth-order valence-electron chi connectivity index (χ4n) is 1.96. The second-order valence-electron chi connectivity index (χ2n) is 4.57. The third kappa shape index (κ3) is 3.32. The Morgan fingerprint density at radius 1 is 1.23 bits per heavy atom. The van der Waals surface area contributed by atoms with Crippen molar-refractivity contribution in [3.05, 3.63) is 54.2 Å². The second-order valence-corrected chi connectivity index (χ2v) is 5.69. The average Bonchev–Trinajstić information content (AvgIpc) is 3.06. The Morgan fingerprint density at radius 2 is 2.09 bits per heavy atom. The molecule has 0 spiro atoms. The predicted molar refractivity (Wildman–Crippen MR) is 92.8 cm³/mol. The molecule has 6 heteroatoms. The van der Waals surface area contributed by atoms with Crippen LogP contribution in [0.15, 0.2) is 59.2 Å². The molecule has 0 aliphatic heterocycles. The maximum absolute atomic E-state index is 5.67. The first-order chi connectivity index (χ1) is 10.8. The van der Waals surface area contributed by atoms with Crippen LogP contribution in [0.5, 0.6) is 0 Å². The van der Waals surface area contributed by atoms with Crippen LogP contribution in [0.3, 0.4) is 0 Å². The maximum atomic E-state index is 5.67. The number of benzene rings is 1. The van der Waals surface area contributed by atoms with E-state index in [0.29, 0.717) is 5.84 Å². The predicted octanol–water partition coefficient (Wildman–Crippen LogP) is 4.10. The highest BCUT2D eigenvalue weighted by atomic mass is 35.5. The highest BCUT2D eigenvalue weighted by Gasteiger charge is 2.07. The zero-order valence-corrected chi connectivity index (χ0v) is 13.2. The zero-order valence-electron chi connectivity index (χ0n) is 11.6. The number of halogens is 1. The van der Waals surface area contributed by atoms with Gasteiger partial charge in [-0.1, -0.05) is 12.1 Å². The SMILES string of the molecule is NC(CCl)=Nc1cccc(-c2nc(-c3cccnc3)cs2)c1. The summed E-state index contributed by atoms with van der Waals surface area (Å²) in [5.41, 5.74) is 9.37. The third-order valence-electron chi connectivity index (χ3n) is 2.96. The van der Waals surface area contributed by atoms with Crippen molar-refractivity contribution in [1.82, 2.24) is 9.97 Å². The molecule has 110 valence electrons. The van der Waals surface area contributed by atoms with Gasteiger partial charge in [-0.3, -0.25) is 4.98 Å². The molecule has 0 amide bonds. The van der Waals surface area contributed by atoms with Crippen LogP contribution in [0.2, 0.25) is 0 Å². The summed E-state index contributed by atoms with van der Waals surface area (Å²) in [7, 11) is 0. The molecule has 4 nitrogen and oxygen atoms in total. The number of rotatable bonds is 4. The van der Waals surface area contributed by atoms with Crippen LogP contribution in [0, 0.1) is 0 Å². The van der Waals surface area contributed by atoms with Crippen molar-refractivity contribution < 1.29 is 0 Å². The molecule has 0 fully saturated rings. The van der Waals surface area contributed by atoms with Gasteiger partial charge < -0.3 is 5.73 Å². The van der Waals surface area contributed by atoms with E-state index in [1.165, 1.54) is 0 Å². The molecule has 0 bridgehead atoms. The number of nitrogens with two attached hydrogens (primary N) is 1. The zero-order chi connectivity index (χ0) is 15.4. The van der Waals surface area contributed by atoms with Gasteiger partial charge in [0.05, 0.1) is 17.3 Å². The Labute approximate surface area is 137 Å². The minimum absolute atomic E-state index is 0.215. The maximum Gasteiger partial charge on any atom is 0.124 e. The van der Waals surface area contributed by atoms with Gasteiger partial charge in [0.1, 0.15) is 10.8 Å². The van der Waals surface area contributed by atoms with Crippen LogP contribution in [-0.2, 0) is 0 Å². The summed E-state index contributed by atoms with van der Waals surface area (Å²) in [4.78, 5) is 13.0. The van der Waals surface area contributed by atoms with Crippen LogP contribution in [-0.4, -0.2) is 21.7 Å². The number of pyridine rings is 1. The molecule has 3 aromatic rings. The van der Waals surface area contributed by atoms with E-state index in [-0.39, 0.29) is 5.88 Å². The molecular formula is C16H13ClN4S. The molecule has 2 aromatic heterocycles. The van der Waals surface area contributed by atoms with Crippen molar-refractivity contribution in [2.24, 2.45) is 10.7 Å². The summed E-state index contributed by atoms with van der Waals surface area (Å²) in [6.45, 7) is 0. The number of hydrogen-bond acceptors (Lipinski definition) is 4. The summed E-state index contributed by atoms with van der Waals surface area (Å²) < 4.78 is 0. The van der Waals surface area contributed by atoms with E-state index in [4.69, 9.17) is 17.3 Å². The topological polar surface area (TPSA) is 64.2 Å². The van der Waals surface area contributed by atoms with E-state index in [9.17, 15) is 0 Å². The first-order valence-electron chi connectivity index (χ1n) is 6.61. The van der Waals surface area contributed by atoms with Gasteiger partial charge in [-0.05, 0) is 24.3 Å². The highest BCUT2D eigenvalue weighted by molar-refractivity contribution is 7.13. The van der Waals surface area contributed by atoms with Crippen LogP contribution < -0.4 is 5.73 Å². The van der Waals surface area contributed by atoms with E-state index in [1.807, 2.05) is 41.8 Å². The van der Waals surface area contributed by atoms with Crippen molar-refractivity contribution in [2.45, 2.75) is 0 Å². The van der Waals surface area contributed by atoms with Gasteiger partial charge in [-0.2, -0.15) is 0 Å². The molecule has 0 aliphatic carbocycles. The molecule has 3 rings (SSSR count). The lowest BCUT2D eigenvalue weighted by Gasteiger charge is -2.00. The Bertz CT molecular complexity index is 799. The van der Waals surface area contributed by atoms with E-state index in [1.54, 1.807) is 23.7 Å². The van der Waals surface area contributed by atoms with Crippen molar-refractivity contribution in [3.63, 3.8) is 0 Å². The average molecular weight is 329 g/mol. The summed E-state index contributed by atoms with van der Waals surface area (Å²) in [5.74, 6) is 0.612. The number of thiazole rings is 1. The molecule has 0 saturated carbocycles. The molecule has 0 radical (unpaired) electrons. The van der Waals surface area contributed by atoms with E-state index in [2.05, 4.69) is 15.0 Å². The van der Waals surface area contributed by atoms with Gasteiger partial charge in [0.15, 0.2) is 0 Å². The molecule has 0 saturated heterocycles. The fraction of sp³-hybridized carbons (Fsp3) is 0.0625. The molecule has 0 aliphatic rings. The minimum atomic E-state index is 0.215. The van der Waals surface area contributed by atoms with Gasteiger partial charge >= 0.3 is 0 Å². The molecule has 22 heavy (non-hydrogen) atoms. The number of alkyl halides is 1. The number of nitrogens with zero attached hydrogens (tertiary/aromatic N) is 3. The molecular weight excluding hydrogens is 316 g/mol. The number of aliphatic imine (C=N–C) groups is 1. The number of aromatic nitrogens is 2. The van der Waals surface area contributed by atoms with Gasteiger partial charge in [0, 0.05) is 28.9 Å². The lowest BCUT2D eigenvalue weighted by molar-refractivity contribution is 1.31. The van der Waals surface area contributed by atoms with Gasteiger partial charge in [0.25, 0.3) is 0 Å². The van der Waals surface area contributed by atoms with E-state index < -0.39 is 0 Å². The van der Waals surface area contributed by atoms with Crippen LogP contribution in [0.1, 0.15) is 0 Å². The third-order valence-corrected chi connectivity index (χ3v) is 4.13. The van der Waals surface area contributed by atoms with E-state index >= 15 is 0 Å². The summed E-state index contributed by atoms with van der Waals surface area (Å²) >= 11 is 7.24. The molecule has 1 aromatic carbocycles. The van der Waals surface area contributed by atoms with E-state index in [0.717, 1.165) is 27.5 Å². The number of hydrogen-bond donors (Lipinski definition) is 1. The Hall–Kier alpha value is -2.24. The standard InChI is InChI=1S/C16H13ClN4S/c17-8-15(18)20-13-5-1-3-11(7-13)16-21-14(10-22-16)12-4-2-6-19-9-12/h1-7,9-10H,8H2,(H2,18,20). The van der Waals surface area contributed by atoms with Crippen molar-refractivity contribution in [2.75, 3.05) is 5.88 Å². The van der Waals surface area contributed by atoms with Gasteiger partial charge in [-0.15, -0.1) is 22.9 Å². The molecule has 0 unspecified atom stereocenters. The monoisotopic (exact) mass is 328 g/mol.